The zero-order chi connectivity index (χ0) is 9.35. The third-order valence-corrected chi connectivity index (χ3v) is 3.27. The zero-order valence-corrected chi connectivity index (χ0v) is 8.66. The Morgan fingerprint density at radius 3 is 2.58 bits per heavy atom. The minimum Gasteiger partial charge on any atom is -0.358 e. The van der Waals surface area contributed by atoms with Crippen LogP contribution in [-0.4, -0.2) is 11.2 Å². The van der Waals surface area contributed by atoms with E-state index in [1.54, 1.807) is 0 Å². The number of hydrogen-bond donors (Lipinski definition) is 3. The van der Waals surface area contributed by atoms with Gasteiger partial charge in [-0.25, -0.2) is 5.84 Å². The second-order valence-electron chi connectivity index (χ2n) is 4.04. The summed E-state index contributed by atoms with van der Waals surface area (Å²) in [5.41, 5.74) is 2.84. The lowest BCUT2D eigenvalue weighted by Crippen LogP contribution is -2.42. The topological polar surface area (TPSA) is 50.1 Å². The molecule has 0 heterocycles. The second-order valence-corrected chi connectivity index (χ2v) is 4.44. The van der Waals surface area contributed by atoms with Crippen molar-refractivity contribution in [3.8, 4) is 0 Å². The predicted octanol–water partition coefficient (Wildman–Crippen LogP) is 0.759. The molecule has 0 aromatic carbocycles. The minimum absolute atomic E-state index is 0.404. The highest BCUT2D eigenvalue weighted by molar-refractivity contribution is 7.80. The van der Waals surface area contributed by atoms with Gasteiger partial charge in [-0.1, -0.05) is 20.8 Å². The third kappa shape index (κ3) is 1.69. The van der Waals surface area contributed by atoms with E-state index in [1.807, 2.05) is 0 Å². The fourth-order valence-electron chi connectivity index (χ4n) is 1.43. The largest absolute Gasteiger partial charge is 0.358 e. The first-order valence-electron chi connectivity index (χ1n) is 4.28. The summed E-state index contributed by atoms with van der Waals surface area (Å²) in [4.78, 5) is 0. The monoisotopic (exact) mass is 187 g/mol. The Morgan fingerprint density at radius 1 is 1.67 bits per heavy atom. The number of hydrogen-bond acceptors (Lipinski definition) is 2. The summed E-state index contributed by atoms with van der Waals surface area (Å²) in [5, 5.41) is 3.72. The summed E-state index contributed by atoms with van der Waals surface area (Å²) in [6, 6.07) is 0.501. The normalized spacial score (nSPS) is 33.2. The number of thiocarbonyl (C=S) groups is 1. The molecule has 0 aliphatic heterocycles. The maximum Gasteiger partial charge on any atom is 0.180 e. The van der Waals surface area contributed by atoms with Crippen molar-refractivity contribution in [3.63, 3.8) is 0 Å². The minimum atomic E-state index is 0.404. The van der Waals surface area contributed by atoms with Gasteiger partial charge in [0.2, 0.25) is 0 Å². The summed E-state index contributed by atoms with van der Waals surface area (Å²) in [6.45, 7) is 6.75. The van der Waals surface area contributed by atoms with E-state index in [9.17, 15) is 0 Å². The van der Waals surface area contributed by atoms with Crippen LogP contribution in [0.5, 0.6) is 0 Å². The third-order valence-electron chi connectivity index (χ3n) is 3.04. The van der Waals surface area contributed by atoms with Gasteiger partial charge >= 0.3 is 0 Å². The quantitative estimate of drug-likeness (QED) is 0.339. The molecule has 1 saturated carbocycles. The van der Waals surface area contributed by atoms with Crippen LogP contribution in [0.4, 0.5) is 0 Å². The lowest BCUT2D eigenvalue weighted by Gasteiger charge is -2.16. The Hall–Kier alpha value is -0.350. The van der Waals surface area contributed by atoms with E-state index in [0.29, 0.717) is 22.5 Å². The van der Waals surface area contributed by atoms with Gasteiger partial charge < -0.3 is 10.7 Å². The molecule has 0 aromatic rings. The Morgan fingerprint density at radius 2 is 2.25 bits per heavy atom. The lowest BCUT2D eigenvalue weighted by atomic mass is 9.94. The van der Waals surface area contributed by atoms with Gasteiger partial charge in [-0.15, -0.1) is 0 Å². The molecule has 1 aliphatic carbocycles. The molecule has 12 heavy (non-hydrogen) atoms. The van der Waals surface area contributed by atoms with Crippen molar-refractivity contribution in [3.05, 3.63) is 0 Å². The van der Waals surface area contributed by atoms with Crippen molar-refractivity contribution in [2.75, 3.05) is 0 Å². The van der Waals surface area contributed by atoms with Gasteiger partial charge in [-0.3, -0.25) is 0 Å². The number of nitrogens with two attached hydrogens (primary N) is 1. The molecule has 0 radical (unpaired) electrons. The average Bonchev–Trinajstić information content (AvgIpc) is 2.63. The molecule has 0 spiro atoms. The first-order chi connectivity index (χ1) is 5.50. The Labute approximate surface area is 79.1 Å². The van der Waals surface area contributed by atoms with E-state index in [2.05, 4.69) is 31.5 Å². The fourth-order valence-corrected chi connectivity index (χ4v) is 1.58. The molecule has 0 saturated heterocycles. The molecule has 1 aliphatic rings. The predicted molar refractivity (Wildman–Crippen MR) is 54.4 cm³/mol. The summed E-state index contributed by atoms with van der Waals surface area (Å²) in [5.74, 6) is 5.85. The van der Waals surface area contributed by atoms with E-state index in [-0.39, 0.29) is 0 Å². The Kier molecular flexibility index (Phi) is 2.58. The summed E-state index contributed by atoms with van der Waals surface area (Å²) < 4.78 is 0. The van der Waals surface area contributed by atoms with Crippen LogP contribution in [0.1, 0.15) is 27.2 Å². The Bertz CT molecular complexity index is 193. The highest BCUT2D eigenvalue weighted by Crippen LogP contribution is 2.51. The van der Waals surface area contributed by atoms with Crippen molar-refractivity contribution in [2.24, 2.45) is 17.2 Å². The maximum absolute atomic E-state index is 5.16. The van der Waals surface area contributed by atoms with Crippen molar-refractivity contribution in [2.45, 2.75) is 33.2 Å². The SMILES string of the molecule is CC(C)C1(C)CC1NC(=S)NN. The first kappa shape index (κ1) is 9.74. The lowest BCUT2D eigenvalue weighted by molar-refractivity contribution is 0.375. The summed E-state index contributed by atoms with van der Waals surface area (Å²) in [7, 11) is 0. The summed E-state index contributed by atoms with van der Waals surface area (Å²) in [6.07, 6.45) is 1.19. The highest BCUT2D eigenvalue weighted by atomic mass is 32.1. The van der Waals surface area contributed by atoms with Crippen LogP contribution >= 0.6 is 12.2 Å². The fraction of sp³-hybridized carbons (Fsp3) is 0.875. The van der Waals surface area contributed by atoms with E-state index < -0.39 is 0 Å². The van der Waals surface area contributed by atoms with E-state index in [0.717, 1.165) is 0 Å². The van der Waals surface area contributed by atoms with Gasteiger partial charge in [-0.2, -0.15) is 0 Å². The van der Waals surface area contributed by atoms with Crippen LogP contribution in [0.25, 0.3) is 0 Å². The number of nitrogens with one attached hydrogen (secondary N) is 2. The molecule has 2 atom stereocenters. The van der Waals surface area contributed by atoms with Gasteiger partial charge in [0, 0.05) is 6.04 Å². The van der Waals surface area contributed by atoms with Crippen LogP contribution in [0, 0.1) is 11.3 Å². The maximum atomic E-state index is 5.16. The van der Waals surface area contributed by atoms with E-state index in [1.165, 1.54) is 6.42 Å². The average molecular weight is 187 g/mol. The molecule has 4 heteroatoms. The van der Waals surface area contributed by atoms with Crippen LogP contribution in [0.3, 0.4) is 0 Å². The molecule has 2 unspecified atom stereocenters. The van der Waals surface area contributed by atoms with Crippen molar-refractivity contribution in [1.82, 2.24) is 10.7 Å². The molecule has 3 nitrogen and oxygen atoms in total. The second kappa shape index (κ2) is 3.18. The summed E-state index contributed by atoms with van der Waals surface area (Å²) >= 11 is 4.91. The molecule has 0 amide bonds. The van der Waals surface area contributed by atoms with Gasteiger partial charge in [-0.05, 0) is 30.0 Å². The zero-order valence-electron chi connectivity index (χ0n) is 7.85. The van der Waals surface area contributed by atoms with Gasteiger partial charge in [0.25, 0.3) is 0 Å². The molecule has 1 fully saturated rings. The van der Waals surface area contributed by atoms with Gasteiger partial charge in [0.1, 0.15) is 0 Å². The van der Waals surface area contributed by atoms with Crippen molar-refractivity contribution < 1.29 is 0 Å². The molecule has 1 rings (SSSR count). The molecule has 70 valence electrons. The van der Waals surface area contributed by atoms with Crippen LogP contribution in [0.2, 0.25) is 0 Å². The molecule has 0 aromatic heterocycles. The molecular formula is C8H17N3S. The Balaban J connectivity index is 2.37. The molecule has 4 N–H and O–H groups in total. The van der Waals surface area contributed by atoms with Crippen molar-refractivity contribution in [1.29, 1.82) is 0 Å². The van der Waals surface area contributed by atoms with Crippen molar-refractivity contribution >= 4 is 17.3 Å². The standard InChI is InChI=1S/C8H17N3S/c1-5(2)8(3)4-6(8)10-7(12)11-9/h5-6H,4,9H2,1-3H3,(H2,10,11,12). The molecular weight excluding hydrogens is 170 g/mol. The van der Waals surface area contributed by atoms with Crippen LogP contribution < -0.4 is 16.6 Å². The highest BCUT2D eigenvalue weighted by Gasteiger charge is 2.52. The van der Waals surface area contributed by atoms with Crippen LogP contribution in [-0.2, 0) is 0 Å². The van der Waals surface area contributed by atoms with Crippen LogP contribution in [0.15, 0.2) is 0 Å². The van der Waals surface area contributed by atoms with Gasteiger partial charge in [0.05, 0.1) is 0 Å². The van der Waals surface area contributed by atoms with Gasteiger partial charge in [0.15, 0.2) is 5.11 Å². The number of rotatable bonds is 2. The van der Waals surface area contributed by atoms with E-state index >= 15 is 0 Å². The van der Waals surface area contributed by atoms with E-state index in [4.69, 9.17) is 18.1 Å². The molecule has 0 bridgehead atoms. The smallest absolute Gasteiger partial charge is 0.180 e. The number of hydrazine groups is 1. The first-order valence-corrected chi connectivity index (χ1v) is 4.68.